The SMILES string of the molecule is CCCOC(C(=O)OC)c1c(CC)cccc1-c1ccc2c(c1)OCO2. The van der Waals surface area contributed by atoms with Gasteiger partial charge in [0.25, 0.3) is 0 Å². The van der Waals surface area contributed by atoms with Gasteiger partial charge in [-0.1, -0.05) is 38.1 Å². The summed E-state index contributed by atoms with van der Waals surface area (Å²) in [5, 5.41) is 0. The van der Waals surface area contributed by atoms with Gasteiger partial charge < -0.3 is 18.9 Å². The first-order valence-corrected chi connectivity index (χ1v) is 8.90. The first kappa shape index (κ1) is 18.3. The molecular formula is C21H24O5. The fraction of sp³-hybridized carbons (Fsp3) is 0.381. The minimum absolute atomic E-state index is 0.227. The van der Waals surface area contributed by atoms with Gasteiger partial charge >= 0.3 is 5.97 Å². The van der Waals surface area contributed by atoms with E-state index in [2.05, 4.69) is 6.92 Å². The molecule has 138 valence electrons. The maximum atomic E-state index is 12.5. The van der Waals surface area contributed by atoms with Crippen molar-refractivity contribution in [3.8, 4) is 22.6 Å². The summed E-state index contributed by atoms with van der Waals surface area (Å²) in [5.41, 5.74) is 3.81. The second-order valence-electron chi connectivity index (χ2n) is 6.07. The summed E-state index contributed by atoms with van der Waals surface area (Å²) in [4.78, 5) is 12.5. The molecule has 0 aliphatic carbocycles. The highest BCUT2D eigenvalue weighted by molar-refractivity contribution is 5.82. The Bertz CT molecular complexity index is 784. The van der Waals surface area contributed by atoms with Gasteiger partial charge in [-0.3, -0.25) is 0 Å². The largest absolute Gasteiger partial charge is 0.467 e. The monoisotopic (exact) mass is 356 g/mol. The molecule has 1 aliphatic rings. The Labute approximate surface area is 153 Å². The number of esters is 1. The van der Waals surface area contributed by atoms with Crippen LogP contribution >= 0.6 is 0 Å². The highest BCUT2D eigenvalue weighted by Crippen LogP contribution is 2.39. The lowest BCUT2D eigenvalue weighted by molar-refractivity contribution is -0.154. The smallest absolute Gasteiger partial charge is 0.339 e. The zero-order valence-electron chi connectivity index (χ0n) is 15.4. The Kier molecular flexibility index (Phi) is 5.78. The van der Waals surface area contributed by atoms with Crippen molar-refractivity contribution in [2.45, 2.75) is 32.8 Å². The summed E-state index contributed by atoms with van der Waals surface area (Å²) in [7, 11) is 1.39. The van der Waals surface area contributed by atoms with Crippen molar-refractivity contribution in [2.75, 3.05) is 20.5 Å². The van der Waals surface area contributed by atoms with Crippen molar-refractivity contribution in [1.29, 1.82) is 0 Å². The molecule has 3 rings (SSSR count). The van der Waals surface area contributed by atoms with Crippen LogP contribution in [0.1, 0.15) is 37.5 Å². The number of hydrogen-bond donors (Lipinski definition) is 0. The van der Waals surface area contributed by atoms with E-state index in [9.17, 15) is 4.79 Å². The summed E-state index contributed by atoms with van der Waals surface area (Å²) in [5.74, 6) is 1.05. The lowest BCUT2D eigenvalue weighted by Crippen LogP contribution is -2.20. The number of methoxy groups -OCH3 is 1. The topological polar surface area (TPSA) is 54.0 Å². The number of aryl methyl sites for hydroxylation is 1. The van der Waals surface area contributed by atoms with Crippen LogP contribution in [-0.2, 0) is 20.7 Å². The van der Waals surface area contributed by atoms with Crippen molar-refractivity contribution in [1.82, 2.24) is 0 Å². The van der Waals surface area contributed by atoms with E-state index >= 15 is 0 Å². The van der Waals surface area contributed by atoms with Gasteiger partial charge in [0, 0.05) is 12.2 Å². The van der Waals surface area contributed by atoms with E-state index in [1.165, 1.54) is 7.11 Å². The van der Waals surface area contributed by atoms with Crippen LogP contribution in [0.25, 0.3) is 11.1 Å². The zero-order valence-corrected chi connectivity index (χ0v) is 15.4. The molecule has 2 aromatic carbocycles. The van der Waals surface area contributed by atoms with E-state index in [1.54, 1.807) is 0 Å². The Morgan fingerprint density at radius 1 is 1.15 bits per heavy atom. The van der Waals surface area contributed by atoms with E-state index in [0.29, 0.717) is 12.4 Å². The van der Waals surface area contributed by atoms with Crippen LogP contribution in [0.2, 0.25) is 0 Å². The number of rotatable bonds is 7. The predicted octanol–water partition coefficient (Wildman–Crippen LogP) is 4.29. The molecule has 5 heteroatoms. The number of hydrogen-bond acceptors (Lipinski definition) is 5. The van der Waals surface area contributed by atoms with Crippen LogP contribution in [-0.4, -0.2) is 26.5 Å². The minimum Gasteiger partial charge on any atom is -0.467 e. The van der Waals surface area contributed by atoms with E-state index in [1.807, 2.05) is 43.3 Å². The quantitative estimate of drug-likeness (QED) is 0.693. The third-order valence-electron chi connectivity index (χ3n) is 4.43. The Balaban J connectivity index is 2.12. The van der Waals surface area contributed by atoms with Gasteiger partial charge in [-0.15, -0.1) is 0 Å². The standard InChI is InChI=1S/C21H24O5/c1-4-11-24-20(21(22)23-3)19-14(5-2)7-6-8-16(19)15-9-10-17-18(12-15)26-13-25-17/h6-10,12,20H,4-5,11,13H2,1-3H3. The number of fused-ring (bicyclic) bond motifs is 1. The van der Waals surface area contributed by atoms with Gasteiger partial charge in [-0.05, 0) is 41.7 Å². The minimum atomic E-state index is -0.753. The average molecular weight is 356 g/mol. The zero-order chi connectivity index (χ0) is 18.5. The van der Waals surface area contributed by atoms with Crippen molar-refractivity contribution in [3.63, 3.8) is 0 Å². The molecule has 0 saturated heterocycles. The maximum Gasteiger partial charge on any atom is 0.339 e. The van der Waals surface area contributed by atoms with E-state index in [-0.39, 0.29) is 12.8 Å². The molecule has 0 aromatic heterocycles. The normalized spacial score (nSPS) is 13.5. The molecule has 5 nitrogen and oxygen atoms in total. The van der Waals surface area contributed by atoms with Gasteiger partial charge in [0.05, 0.1) is 7.11 Å². The molecule has 26 heavy (non-hydrogen) atoms. The molecule has 0 bridgehead atoms. The molecule has 1 unspecified atom stereocenters. The fourth-order valence-corrected chi connectivity index (χ4v) is 3.16. The van der Waals surface area contributed by atoms with Crippen molar-refractivity contribution in [3.05, 3.63) is 47.5 Å². The summed E-state index contributed by atoms with van der Waals surface area (Å²) in [6, 6.07) is 11.8. The molecule has 1 atom stereocenters. The van der Waals surface area contributed by atoms with Crippen LogP contribution < -0.4 is 9.47 Å². The third kappa shape index (κ3) is 3.53. The van der Waals surface area contributed by atoms with Crippen molar-refractivity contribution >= 4 is 5.97 Å². The maximum absolute atomic E-state index is 12.5. The highest BCUT2D eigenvalue weighted by atomic mass is 16.7. The lowest BCUT2D eigenvalue weighted by atomic mass is 9.90. The second kappa shape index (κ2) is 8.23. The molecule has 0 saturated carbocycles. The Morgan fingerprint density at radius 3 is 2.69 bits per heavy atom. The van der Waals surface area contributed by atoms with Crippen LogP contribution in [0, 0.1) is 0 Å². The van der Waals surface area contributed by atoms with E-state index < -0.39 is 6.10 Å². The summed E-state index contributed by atoms with van der Waals surface area (Å²) < 4.78 is 21.8. The molecule has 0 fully saturated rings. The number of carbonyl (C=O) groups is 1. The molecular weight excluding hydrogens is 332 g/mol. The first-order valence-electron chi connectivity index (χ1n) is 8.90. The van der Waals surface area contributed by atoms with Gasteiger partial charge in [-0.25, -0.2) is 4.79 Å². The Morgan fingerprint density at radius 2 is 1.96 bits per heavy atom. The first-order chi connectivity index (χ1) is 12.7. The molecule has 0 N–H and O–H groups in total. The number of benzene rings is 2. The van der Waals surface area contributed by atoms with Crippen molar-refractivity contribution < 1.29 is 23.7 Å². The van der Waals surface area contributed by atoms with E-state index in [4.69, 9.17) is 18.9 Å². The Hall–Kier alpha value is -2.53. The van der Waals surface area contributed by atoms with Gasteiger partial charge in [0.2, 0.25) is 6.79 Å². The number of ether oxygens (including phenoxy) is 4. The van der Waals surface area contributed by atoms with Crippen LogP contribution in [0.3, 0.4) is 0 Å². The summed E-state index contributed by atoms with van der Waals surface area (Å²) in [6.07, 6.45) is 0.856. The third-order valence-corrected chi connectivity index (χ3v) is 4.43. The van der Waals surface area contributed by atoms with Crippen LogP contribution in [0.4, 0.5) is 0 Å². The van der Waals surface area contributed by atoms with Gasteiger partial charge in [0.15, 0.2) is 17.6 Å². The van der Waals surface area contributed by atoms with Crippen LogP contribution in [0.5, 0.6) is 11.5 Å². The molecule has 0 amide bonds. The van der Waals surface area contributed by atoms with Crippen molar-refractivity contribution in [2.24, 2.45) is 0 Å². The molecule has 0 spiro atoms. The summed E-state index contributed by atoms with van der Waals surface area (Å²) in [6.45, 7) is 4.79. The van der Waals surface area contributed by atoms with Crippen LogP contribution in [0.15, 0.2) is 36.4 Å². The lowest BCUT2D eigenvalue weighted by Gasteiger charge is -2.22. The molecule has 2 aromatic rings. The summed E-state index contributed by atoms with van der Waals surface area (Å²) >= 11 is 0. The van der Waals surface area contributed by atoms with Gasteiger partial charge in [0.1, 0.15) is 0 Å². The predicted molar refractivity (Wildman–Crippen MR) is 98.4 cm³/mol. The highest BCUT2D eigenvalue weighted by Gasteiger charge is 2.28. The average Bonchev–Trinajstić information content (AvgIpc) is 3.15. The van der Waals surface area contributed by atoms with E-state index in [0.717, 1.165) is 40.8 Å². The second-order valence-corrected chi connectivity index (χ2v) is 6.07. The fourth-order valence-electron chi connectivity index (χ4n) is 3.16. The molecule has 1 aliphatic heterocycles. The number of carbonyl (C=O) groups excluding carboxylic acids is 1. The molecule has 1 heterocycles. The molecule has 0 radical (unpaired) electrons. The van der Waals surface area contributed by atoms with Gasteiger partial charge in [-0.2, -0.15) is 0 Å².